The van der Waals surface area contributed by atoms with E-state index in [1.165, 1.54) is 15.3 Å². The molecule has 242 valence electrons. The normalized spacial score (nSPS) is 21.7. The summed E-state index contributed by atoms with van der Waals surface area (Å²) in [6.07, 6.45) is 4.54. The maximum atomic E-state index is 13.7. The van der Waals surface area contributed by atoms with E-state index < -0.39 is 25.9 Å². The highest BCUT2D eigenvalue weighted by atomic mass is 32.2. The molecule has 3 aliphatic heterocycles. The highest BCUT2D eigenvalue weighted by Crippen LogP contribution is 2.38. The second-order valence-corrected chi connectivity index (χ2v) is 17.1. The van der Waals surface area contributed by atoms with Crippen LogP contribution in [0.1, 0.15) is 31.7 Å². The zero-order valence-corrected chi connectivity index (χ0v) is 28.2. The Morgan fingerprint density at radius 2 is 1.85 bits per heavy atom. The number of hydrogen-bond donors (Lipinski definition) is 0. The Morgan fingerprint density at radius 3 is 2.52 bits per heavy atom. The summed E-state index contributed by atoms with van der Waals surface area (Å²) in [6.45, 7) is 2.43. The molecule has 46 heavy (non-hydrogen) atoms. The van der Waals surface area contributed by atoms with Crippen LogP contribution >= 0.6 is 24.0 Å². The molecule has 3 aromatic rings. The van der Waals surface area contributed by atoms with Crippen molar-refractivity contribution in [3.05, 3.63) is 71.3 Å². The fourth-order valence-electron chi connectivity index (χ4n) is 5.89. The topological polar surface area (TPSA) is 136 Å². The summed E-state index contributed by atoms with van der Waals surface area (Å²) >= 11 is 6.61. The van der Waals surface area contributed by atoms with Crippen molar-refractivity contribution >= 4 is 66.1 Å². The maximum Gasteiger partial charge on any atom is 0.309 e. The van der Waals surface area contributed by atoms with E-state index in [1.54, 1.807) is 42.1 Å². The van der Waals surface area contributed by atoms with Crippen molar-refractivity contribution in [1.29, 1.82) is 0 Å². The molecule has 3 saturated heterocycles. The van der Waals surface area contributed by atoms with Gasteiger partial charge in [-0.05, 0) is 56.5 Å². The van der Waals surface area contributed by atoms with E-state index in [0.29, 0.717) is 45.3 Å². The van der Waals surface area contributed by atoms with Crippen LogP contribution in [0.3, 0.4) is 0 Å². The van der Waals surface area contributed by atoms with Crippen LogP contribution in [-0.4, -0.2) is 89.3 Å². The molecule has 1 unspecified atom stereocenters. The number of rotatable bonds is 8. The van der Waals surface area contributed by atoms with Crippen LogP contribution in [0.4, 0.5) is 0 Å². The van der Waals surface area contributed by atoms with Crippen molar-refractivity contribution in [2.75, 3.05) is 31.2 Å². The van der Waals surface area contributed by atoms with Crippen molar-refractivity contribution in [2.45, 2.75) is 37.1 Å². The van der Waals surface area contributed by atoms with E-state index in [0.717, 1.165) is 17.4 Å². The molecular formula is C31H32N4O7S4. The lowest BCUT2D eigenvalue weighted by molar-refractivity contribution is -0.149. The van der Waals surface area contributed by atoms with Gasteiger partial charge in [-0.3, -0.25) is 14.5 Å². The number of sulfonamides is 1. The lowest BCUT2D eigenvalue weighted by Gasteiger charge is -2.30. The molecule has 0 saturated carbocycles. The maximum absolute atomic E-state index is 13.7. The third kappa shape index (κ3) is 6.56. The molecule has 11 nitrogen and oxygen atoms in total. The number of amides is 1. The number of carbonyl (C=O) groups is 2. The van der Waals surface area contributed by atoms with Crippen molar-refractivity contribution in [3.8, 4) is 16.9 Å². The summed E-state index contributed by atoms with van der Waals surface area (Å²) in [5, 5.41) is 4.80. The third-order valence-electron chi connectivity index (χ3n) is 8.27. The first-order chi connectivity index (χ1) is 22.0. The number of benzene rings is 2. The van der Waals surface area contributed by atoms with Gasteiger partial charge in [-0.2, -0.15) is 9.40 Å². The van der Waals surface area contributed by atoms with Crippen molar-refractivity contribution < 1.29 is 31.2 Å². The SMILES string of the molecule is CCOC(=O)C1CCN(S(=O)(=O)c2cccc(-c3nn(-c4ccccc4)cc3C=C3SC(=S)N(C4CCS(=O)(=O)C4)C3=O)c2)CC1. The first kappa shape index (κ1) is 32.6. The van der Waals surface area contributed by atoms with E-state index in [2.05, 4.69) is 0 Å². The van der Waals surface area contributed by atoms with Crippen LogP contribution in [0.25, 0.3) is 23.0 Å². The van der Waals surface area contributed by atoms with Gasteiger partial charge in [0.1, 0.15) is 10.0 Å². The predicted octanol–water partition coefficient (Wildman–Crippen LogP) is 3.89. The number of sulfone groups is 1. The Balaban J connectivity index is 1.33. The van der Waals surface area contributed by atoms with Crippen LogP contribution in [0.5, 0.6) is 0 Å². The Kier molecular flexibility index (Phi) is 9.22. The lowest BCUT2D eigenvalue weighted by Crippen LogP contribution is -2.40. The van der Waals surface area contributed by atoms with Crippen LogP contribution in [0.2, 0.25) is 0 Å². The number of thiocarbonyl (C=S) groups is 1. The summed E-state index contributed by atoms with van der Waals surface area (Å²) in [7, 11) is -7.11. The minimum atomic E-state index is -3.88. The molecule has 1 atom stereocenters. The van der Waals surface area contributed by atoms with Gasteiger partial charge in [-0.25, -0.2) is 21.5 Å². The Morgan fingerprint density at radius 1 is 1.11 bits per heavy atom. The van der Waals surface area contributed by atoms with E-state index in [9.17, 15) is 26.4 Å². The smallest absolute Gasteiger partial charge is 0.309 e. The number of thioether (sulfide) groups is 1. The molecule has 4 heterocycles. The summed E-state index contributed by atoms with van der Waals surface area (Å²) in [5.74, 6) is -1.09. The van der Waals surface area contributed by atoms with Crippen molar-refractivity contribution in [3.63, 3.8) is 0 Å². The Labute approximate surface area is 277 Å². The molecule has 0 aliphatic carbocycles. The minimum absolute atomic E-state index is 0.0183. The number of piperidine rings is 1. The van der Waals surface area contributed by atoms with Crippen LogP contribution in [0.15, 0.2) is 70.6 Å². The molecule has 3 fully saturated rings. The number of esters is 1. The van der Waals surface area contributed by atoms with Gasteiger partial charge in [0.25, 0.3) is 5.91 Å². The molecule has 1 amide bonds. The summed E-state index contributed by atoms with van der Waals surface area (Å²) in [5.41, 5.74) is 2.31. The average Bonchev–Trinajstić information content (AvgIpc) is 3.71. The van der Waals surface area contributed by atoms with E-state index in [1.807, 2.05) is 30.3 Å². The quantitative estimate of drug-likeness (QED) is 0.194. The number of hydrogen-bond acceptors (Lipinski definition) is 10. The van der Waals surface area contributed by atoms with Gasteiger partial charge in [0.15, 0.2) is 9.84 Å². The van der Waals surface area contributed by atoms with Gasteiger partial charge < -0.3 is 4.74 Å². The molecule has 2 aromatic carbocycles. The Bertz CT molecular complexity index is 1930. The van der Waals surface area contributed by atoms with Crippen molar-refractivity contribution in [1.82, 2.24) is 19.0 Å². The van der Waals surface area contributed by atoms with Crippen LogP contribution in [0, 0.1) is 5.92 Å². The largest absolute Gasteiger partial charge is 0.466 e. The van der Waals surface area contributed by atoms with Gasteiger partial charge in [-0.1, -0.05) is 54.3 Å². The predicted molar refractivity (Wildman–Crippen MR) is 179 cm³/mol. The standard InChI is InChI=1S/C31H32N4O7S4/c1-2-42-30(37)21-11-14-33(15-12-21)46(40,41)26-10-6-7-22(17-26)28-23(19-34(32-28)24-8-4-3-5-9-24)18-27-29(36)35(31(43)44-27)25-13-16-45(38,39)20-25/h3-10,17-19,21,25H,2,11-16,20H2,1H3. The Hall–Kier alpha value is -3.37. The molecule has 0 bridgehead atoms. The fourth-order valence-corrected chi connectivity index (χ4v) is 10.5. The fraction of sp³-hybridized carbons (Fsp3) is 0.355. The van der Waals surface area contributed by atoms with Gasteiger partial charge in [0, 0.05) is 30.4 Å². The highest BCUT2D eigenvalue weighted by molar-refractivity contribution is 8.26. The van der Waals surface area contributed by atoms with Crippen LogP contribution < -0.4 is 0 Å². The van der Waals surface area contributed by atoms with Gasteiger partial charge in [-0.15, -0.1) is 0 Å². The summed E-state index contributed by atoms with van der Waals surface area (Å²) in [6, 6.07) is 15.4. The van der Waals surface area contributed by atoms with Crippen LogP contribution in [-0.2, 0) is 34.2 Å². The highest BCUT2D eigenvalue weighted by Gasteiger charge is 2.42. The second kappa shape index (κ2) is 13.0. The van der Waals surface area contributed by atoms with E-state index >= 15 is 0 Å². The van der Waals surface area contributed by atoms with Gasteiger partial charge in [0.2, 0.25) is 10.0 Å². The first-order valence-corrected chi connectivity index (χ1v) is 19.4. The zero-order valence-electron chi connectivity index (χ0n) is 24.9. The summed E-state index contributed by atoms with van der Waals surface area (Å²) < 4.78 is 60.1. The minimum Gasteiger partial charge on any atom is -0.466 e. The zero-order chi connectivity index (χ0) is 32.6. The third-order valence-corrected chi connectivity index (χ3v) is 13.2. The van der Waals surface area contributed by atoms with E-state index in [4.69, 9.17) is 22.1 Å². The number of carbonyl (C=O) groups excluding carboxylic acids is 2. The second-order valence-electron chi connectivity index (χ2n) is 11.3. The number of ether oxygens (including phenoxy) is 1. The van der Waals surface area contributed by atoms with Gasteiger partial charge in [0.05, 0.1) is 45.6 Å². The molecular weight excluding hydrogens is 669 g/mol. The van der Waals surface area contributed by atoms with Crippen molar-refractivity contribution in [2.24, 2.45) is 5.92 Å². The molecule has 15 heteroatoms. The van der Waals surface area contributed by atoms with E-state index in [-0.39, 0.29) is 53.9 Å². The summed E-state index contributed by atoms with van der Waals surface area (Å²) in [4.78, 5) is 27.5. The van der Waals surface area contributed by atoms with Gasteiger partial charge >= 0.3 is 5.97 Å². The monoisotopic (exact) mass is 700 g/mol. The molecule has 0 N–H and O–H groups in total. The molecule has 0 radical (unpaired) electrons. The number of para-hydroxylation sites is 1. The first-order valence-electron chi connectivity index (χ1n) is 14.9. The molecule has 1 aromatic heterocycles. The molecule has 3 aliphatic rings. The lowest BCUT2D eigenvalue weighted by atomic mass is 9.98. The number of nitrogens with zero attached hydrogens (tertiary/aromatic N) is 4. The number of aromatic nitrogens is 2. The average molecular weight is 701 g/mol. The molecule has 6 rings (SSSR count). The molecule has 0 spiro atoms.